The lowest BCUT2D eigenvalue weighted by molar-refractivity contribution is -0.123. The third-order valence-electron chi connectivity index (χ3n) is 5.91. The molecule has 1 aliphatic heterocycles. The van der Waals surface area contributed by atoms with Crippen molar-refractivity contribution >= 4 is 56.5 Å². The Balaban J connectivity index is 1.41. The monoisotopic (exact) mass is 608 g/mol. The SMILES string of the molecule is Cc1ccc(C(C)C)c(OCCN2C(=O)S/C(=C\c3cc(Br)ccc3OCC(=O)Nc3ccccc3)C2=O)c1. The number of ether oxygens (including phenoxy) is 2. The average Bonchev–Trinajstić information content (AvgIpc) is 3.16. The molecule has 0 aromatic heterocycles. The third-order valence-corrected chi connectivity index (χ3v) is 7.31. The number of rotatable bonds is 10. The molecule has 0 radical (unpaired) electrons. The van der Waals surface area contributed by atoms with Crippen molar-refractivity contribution in [1.29, 1.82) is 0 Å². The maximum atomic E-state index is 13.1. The Kier molecular flexibility index (Phi) is 9.48. The summed E-state index contributed by atoms with van der Waals surface area (Å²) in [6.45, 7) is 6.29. The van der Waals surface area contributed by atoms with Crippen LogP contribution >= 0.6 is 27.7 Å². The fourth-order valence-electron chi connectivity index (χ4n) is 3.95. The molecule has 0 saturated carbocycles. The molecule has 1 heterocycles. The summed E-state index contributed by atoms with van der Waals surface area (Å²) in [6.07, 6.45) is 1.61. The number of amides is 3. The molecule has 0 spiro atoms. The van der Waals surface area contributed by atoms with Gasteiger partial charge in [0, 0.05) is 15.7 Å². The van der Waals surface area contributed by atoms with E-state index in [-0.39, 0.29) is 41.7 Å². The Morgan fingerprint density at radius 1 is 1.03 bits per heavy atom. The molecule has 3 amide bonds. The molecule has 3 aromatic rings. The van der Waals surface area contributed by atoms with Crippen LogP contribution in [0.15, 0.2) is 76.1 Å². The number of hydrogen-bond donors (Lipinski definition) is 1. The minimum atomic E-state index is -0.394. The van der Waals surface area contributed by atoms with Crippen LogP contribution in [-0.4, -0.2) is 41.7 Å². The lowest BCUT2D eigenvalue weighted by Gasteiger charge is -2.17. The molecule has 1 saturated heterocycles. The first-order chi connectivity index (χ1) is 18.7. The van der Waals surface area contributed by atoms with Gasteiger partial charge in [0.1, 0.15) is 18.1 Å². The predicted molar refractivity (Wildman–Crippen MR) is 158 cm³/mol. The first-order valence-electron chi connectivity index (χ1n) is 12.5. The number of anilines is 1. The smallest absolute Gasteiger partial charge is 0.293 e. The van der Waals surface area contributed by atoms with Crippen LogP contribution in [0, 0.1) is 6.92 Å². The zero-order chi connectivity index (χ0) is 27.9. The number of carbonyl (C=O) groups excluding carboxylic acids is 3. The Morgan fingerprint density at radius 2 is 1.79 bits per heavy atom. The van der Waals surface area contributed by atoms with Crippen molar-refractivity contribution in [2.75, 3.05) is 25.1 Å². The van der Waals surface area contributed by atoms with Gasteiger partial charge in [-0.3, -0.25) is 19.3 Å². The normalized spacial score (nSPS) is 14.3. The molecule has 9 heteroatoms. The van der Waals surface area contributed by atoms with Gasteiger partial charge in [-0.05, 0) is 78.2 Å². The van der Waals surface area contributed by atoms with Crippen molar-refractivity contribution in [3.8, 4) is 11.5 Å². The quantitative estimate of drug-likeness (QED) is 0.249. The van der Waals surface area contributed by atoms with Gasteiger partial charge < -0.3 is 14.8 Å². The van der Waals surface area contributed by atoms with Gasteiger partial charge in [0.05, 0.1) is 11.4 Å². The molecule has 1 aliphatic rings. The van der Waals surface area contributed by atoms with Crippen molar-refractivity contribution < 1.29 is 23.9 Å². The summed E-state index contributed by atoms with van der Waals surface area (Å²) >= 11 is 4.30. The fourth-order valence-corrected chi connectivity index (χ4v) is 5.18. The van der Waals surface area contributed by atoms with Crippen LogP contribution in [0.5, 0.6) is 11.5 Å². The molecule has 3 aromatic carbocycles. The van der Waals surface area contributed by atoms with Crippen LogP contribution in [0.1, 0.15) is 36.5 Å². The van der Waals surface area contributed by atoms with Gasteiger partial charge in [-0.15, -0.1) is 0 Å². The maximum Gasteiger partial charge on any atom is 0.293 e. The molecule has 0 atom stereocenters. The van der Waals surface area contributed by atoms with Crippen LogP contribution in [0.2, 0.25) is 0 Å². The Hall–Kier alpha value is -3.56. The zero-order valence-corrected chi connectivity index (χ0v) is 24.3. The summed E-state index contributed by atoms with van der Waals surface area (Å²) in [4.78, 5) is 39.6. The van der Waals surface area contributed by atoms with E-state index in [0.717, 1.165) is 33.1 Å². The summed E-state index contributed by atoms with van der Waals surface area (Å²) < 4.78 is 12.5. The molecule has 1 fully saturated rings. The highest BCUT2D eigenvalue weighted by Crippen LogP contribution is 2.35. The van der Waals surface area contributed by atoms with Gasteiger partial charge >= 0.3 is 0 Å². The van der Waals surface area contributed by atoms with Gasteiger partial charge in [0.15, 0.2) is 6.61 Å². The van der Waals surface area contributed by atoms with Crippen molar-refractivity contribution in [3.63, 3.8) is 0 Å². The van der Waals surface area contributed by atoms with E-state index in [1.807, 2.05) is 43.3 Å². The molecule has 202 valence electrons. The van der Waals surface area contributed by atoms with E-state index in [4.69, 9.17) is 9.47 Å². The maximum absolute atomic E-state index is 13.1. The summed E-state index contributed by atoms with van der Waals surface area (Å²) in [6, 6.07) is 20.4. The molecule has 0 unspecified atom stereocenters. The second-order valence-corrected chi connectivity index (χ2v) is 11.2. The lowest BCUT2D eigenvalue weighted by atomic mass is 10.0. The number of thioether (sulfide) groups is 1. The predicted octanol–water partition coefficient (Wildman–Crippen LogP) is 7.01. The van der Waals surface area contributed by atoms with Gasteiger partial charge in [-0.25, -0.2) is 0 Å². The average molecular weight is 610 g/mol. The number of benzene rings is 3. The Labute approximate surface area is 240 Å². The minimum absolute atomic E-state index is 0.134. The van der Waals surface area contributed by atoms with E-state index in [1.165, 1.54) is 4.90 Å². The number of hydrogen-bond acceptors (Lipinski definition) is 6. The third kappa shape index (κ3) is 7.52. The summed E-state index contributed by atoms with van der Waals surface area (Å²) in [5.74, 6) is 0.753. The van der Waals surface area contributed by atoms with Gasteiger partial charge in [0.25, 0.3) is 17.1 Å². The summed E-state index contributed by atoms with van der Waals surface area (Å²) in [7, 11) is 0. The van der Waals surface area contributed by atoms with E-state index in [0.29, 0.717) is 17.0 Å². The second kappa shape index (κ2) is 13.0. The molecule has 1 N–H and O–H groups in total. The van der Waals surface area contributed by atoms with E-state index in [2.05, 4.69) is 35.1 Å². The number of nitrogens with one attached hydrogen (secondary N) is 1. The van der Waals surface area contributed by atoms with Crippen LogP contribution in [-0.2, 0) is 9.59 Å². The molecular formula is C30H29BrN2O5S. The number of aryl methyl sites for hydroxylation is 1. The van der Waals surface area contributed by atoms with E-state index < -0.39 is 5.91 Å². The number of imide groups is 1. The largest absolute Gasteiger partial charge is 0.491 e. The summed E-state index contributed by atoms with van der Waals surface area (Å²) in [5.41, 5.74) is 3.39. The van der Waals surface area contributed by atoms with E-state index >= 15 is 0 Å². The number of carbonyl (C=O) groups is 3. The lowest BCUT2D eigenvalue weighted by Crippen LogP contribution is -2.32. The first kappa shape index (κ1) is 28.4. The van der Waals surface area contributed by atoms with Gasteiger partial charge in [-0.1, -0.05) is 60.1 Å². The van der Waals surface area contributed by atoms with Crippen LogP contribution < -0.4 is 14.8 Å². The van der Waals surface area contributed by atoms with Crippen molar-refractivity contribution in [3.05, 3.63) is 92.8 Å². The zero-order valence-electron chi connectivity index (χ0n) is 21.9. The molecule has 39 heavy (non-hydrogen) atoms. The Morgan fingerprint density at radius 3 is 2.54 bits per heavy atom. The highest BCUT2D eigenvalue weighted by Gasteiger charge is 2.35. The van der Waals surface area contributed by atoms with E-state index in [1.54, 1.807) is 36.4 Å². The Bertz CT molecular complexity index is 1410. The highest BCUT2D eigenvalue weighted by molar-refractivity contribution is 9.10. The highest BCUT2D eigenvalue weighted by atomic mass is 79.9. The molecule has 0 aliphatic carbocycles. The van der Waals surface area contributed by atoms with Gasteiger partial charge in [-0.2, -0.15) is 0 Å². The second-order valence-electron chi connectivity index (χ2n) is 9.26. The molecule has 0 bridgehead atoms. The standard InChI is InChI=1S/C30H29BrN2O5S/c1-19(2)24-11-9-20(3)15-26(24)37-14-13-33-29(35)27(39-30(33)36)17-21-16-22(31)10-12-25(21)38-18-28(34)32-23-7-5-4-6-8-23/h4-12,15-17,19H,13-14,18H2,1-3H3,(H,32,34)/b27-17-. The number of para-hydroxylation sites is 1. The van der Waals surface area contributed by atoms with Crippen molar-refractivity contribution in [2.24, 2.45) is 0 Å². The fraction of sp³-hybridized carbons (Fsp3) is 0.233. The first-order valence-corrected chi connectivity index (χ1v) is 14.1. The van der Waals surface area contributed by atoms with E-state index in [9.17, 15) is 14.4 Å². The molecular weight excluding hydrogens is 580 g/mol. The van der Waals surface area contributed by atoms with Crippen LogP contribution in [0.4, 0.5) is 10.5 Å². The summed E-state index contributed by atoms with van der Waals surface area (Å²) in [5, 5.41) is 2.41. The number of halogens is 1. The van der Waals surface area contributed by atoms with Crippen molar-refractivity contribution in [2.45, 2.75) is 26.7 Å². The number of nitrogens with zero attached hydrogens (tertiary/aromatic N) is 1. The van der Waals surface area contributed by atoms with Gasteiger partial charge in [0.2, 0.25) is 0 Å². The van der Waals surface area contributed by atoms with Crippen molar-refractivity contribution in [1.82, 2.24) is 4.90 Å². The minimum Gasteiger partial charge on any atom is -0.491 e. The topological polar surface area (TPSA) is 84.9 Å². The van der Waals surface area contributed by atoms with Crippen LogP contribution in [0.3, 0.4) is 0 Å². The molecule has 7 nitrogen and oxygen atoms in total. The van der Waals surface area contributed by atoms with Crippen LogP contribution in [0.25, 0.3) is 6.08 Å². The molecule has 4 rings (SSSR count).